The van der Waals surface area contributed by atoms with Crippen LogP contribution in [0.25, 0.3) is 0 Å². The van der Waals surface area contributed by atoms with Crippen LogP contribution in [0.5, 0.6) is 0 Å². The fourth-order valence-electron chi connectivity index (χ4n) is 3.15. The summed E-state index contributed by atoms with van der Waals surface area (Å²) in [5.74, 6) is 1.63. The van der Waals surface area contributed by atoms with Crippen LogP contribution in [-0.4, -0.2) is 28.7 Å². The molecular weight excluding hydrogens is 234 g/mol. The third-order valence-corrected chi connectivity index (χ3v) is 4.51. The maximum Gasteiger partial charge on any atom is 0.0535 e. The number of aromatic nitrogens is 2. The second kappa shape index (κ2) is 7.09. The predicted octanol–water partition coefficient (Wildman–Crippen LogP) is 3.94. The van der Waals surface area contributed by atoms with E-state index >= 15 is 0 Å². The van der Waals surface area contributed by atoms with E-state index in [2.05, 4.69) is 36.0 Å². The lowest BCUT2D eigenvalue weighted by Gasteiger charge is -2.26. The second-order valence-corrected chi connectivity index (χ2v) is 6.36. The maximum absolute atomic E-state index is 4.30. The Morgan fingerprint density at radius 1 is 1.32 bits per heavy atom. The molecule has 0 saturated heterocycles. The quantitative estimate of drug-likeness (QED) is 0.843. The maximum atomic E-state index is 4.30. The van der Waals surface area contributed by atoms with Crippen molar-refractivity contribution in [2.75, 3.05) is 13.6 Å². The molecule has 1 aromatic rings. The molecule has 1 saturated carbocycles. The van der Waals surface area contributed by atoms with Gasteiger partial charge in [0.05, 0.1) is 6.20 Å². The minimum atomic E-state index is 0.716. The first-order chi connectivity index (χ1) is 9.20. The molecule has 3 heteroatoms. The molecule has 0 atom stereocenters. The highest BCUT2D eigenvalue weighted by Crippen LogP contribution is 2.36. The number of nitrogens with one attached hydrogen (secondary N) is 1. The summed E-state index contributed by atoms with van der Waals surface area (Å²) < 4.78 is 0. The van der Waals surface area contributed by atoms with Crippen molar-refractivity contribution >= 4 is 0 Å². The Bertz CT molecular complexity index is 364. The Labute approximate surface area is 117 Å². The molecule has 1 aliphatic rings. The average molecular weight is 263 g/mol. The first-order valence-electron chi connectivity index (χ1n) is 7.91. The number of hydrogen-bond acceptors (Lipinski definition) is 2. The van der Waals surface area contributed by atoms with Gasteiger partial charge in [0.2, 0.25) is 0 Å². The van der Waals surface area contributed by atoms with E-state index < -0.39 is 0 Å². The van der Waals surface area contributed by atoms with Crippen LogP contribution in [0.15, 0.2) is 6.20 Å². The number of unbranched alkanes of at least 4 members (excludes halogenated alkanes) is 1. The fourth-order valence-corrected chi connectivity index (χ4v) is 3.15. The molecule has 0 bridgehead atoms. The van der Waals surface area contributed by atoms with Gasteiger partial charge in [-0.15, -0.1) is 0 Å². The van der Waals surface area contributed by atoms with Gasteiger partial charge in [-0.3, -0.25) is 5.10 Å². The summed E-state index contributed by atoms with van der Waals surface area (Å²) in [6.07, 6.45) is 9.98. The van der Waals surface area contributed by atoms with Gasteiger partial charge in [-0.2, -0.15) is 5.10 Å². The molecule has 1 fully saturated rings. The van der Waals surface area contributed by atoms with Crippen LogP contribution in [0.3, 0.4) is 0 Å². The lowest BCUT2D eigenvalue weighted by molar-refractivity contribution is 0.312. The molecule has 1 aromatic heterocycles. The standard InChI is InChI=1S/C16H29N3/c1-4-5-10-19(3)12-15-11-17-18-16(15)14-8-6-13(2)7-9-14/h11,13-14H,4-10,12H2,1-3H3,(H,17,18). The molecule has 0 spiro atoms. The molecule has 1 aliphatic carbocycles. The summed E-state index contributed by atoms with van der Waals surface area (Å²) in [5, 5.41) is 7.57. The lowest BCUT2D eigenvalue weighted by Crippen LogP contribution is -2.20. The molecule has 0 amide bonds. The van der Waals surface area contributed by atoms with E-state index in [-0.39, 0.29) is 0 Å². The van der Waals surface area contributed by atoms with Gasteiger partial charge in [-0.05, 0) is 38.8 Å². The summed E-state index contributed by atoms with van der Waals surface area (Å²) in [7, 11) is 2.22. The van der Waals surface area contributed by atoms with Crippen molar-refractivity contribution in [1.29, 1.82) is 0 Å². The van der Waals surface area contributed by atoms with Crippen molar-refractivity contribution in [1.82, 2.24) is 15.1 Å². The molecule has 19 heavy (non-hydrogen) atoms. The topological polar surface area (TPSA) is 31.9 Å². The largest absolute Gasteiger partial charge is 0.302 e. The van der Waals surface area contributed by atoms with Crippen LogP contribution in [0.2, 0.25) is 0 Å². The molecule has 0 radical (unpaired) electrons. The van der Waals surface area contributed by atoms with E-state index in [1.54, 1.807) is 0 Å². The van der Waals surface area contributed by atoms with Gasteiger partial charge in [-0.25, -0.2) is 0 Å². The second-order valence-electron chi connectivity index (χ2n) is 6.36. The van der Waals surface area contributed by atoms with E-state index in [1.165, 1.54) is 56.3 Å². The van der Waals surface area contributed by atoms with Crippen LogP contribution in [0.1, 0.15) is 69.5 Å². The SMILES string of the molecule is CCCCN(C)Cc1cn[nH]c1C1CCC(C)CC1. The molecule has 1 N–H and O–H groups in total. The Morgan fingerprint density at radius 3 is 2.74 bits per heavy atom. The van der Waals surface area contributed by atoms with Crippen molar-refractivity contribution in [3.63, 3.8) is 0 Å². The van der Waals surface area contributed by atoms with Crippen LogP contribution < -0.4 is 0 Å². The Kier molecular flexibility index (Phi) is 5.44. The summed E-state index contributed by atoms with van der Waals surface area (Å²) >= 11 is 0. The molecule has 2 rings (SSSR count). The summed E-state index contributed by atoms with van der Waals surface area (Å²) in [4.78, 5) is 2.42. The number of nitrogens with zero attached hydrogens (tertiary/aromatic N) is 2. The smallest absolute Gasteiger partial charge is 0.0535 e. The highest BCUT2D eigenvalue weighted by atomic mass is 15.1. The minimum absolute atomic E-state index is 0.716. The van der Waals surface area contributed by atoms with Gasteiger partial charge < -0.3 is 4.90 Å². The summed E-state index contributed by atoms with van der Waals surface area (Å²) in [6, 6.07) is 0. The predicted molar refractivity (Wildman–Crippen MR) is 80.2 cm³/mol. The van der Waals surface area contributed by atoms with Gasteiger partial charge >= 0.3 is 0 Å². The molecule has 0 aromatic carbocycles. The van der Waals surface area contributed by atoms with Gasteiger partial charge in [0.1, 0.15) is 0 Å². The van der Waals surface area contributed by atoms with Crippen LogP contribution >= 0.6 is 0 Å². The van der Waals surface area contributed by atoms with Gasteiger partial charge in [0, 0.05) is 23.7 Å². The van der Waals surface area contributed by atoms with Crippen LogP contribution in [-0.2, 0) is 6.54 Å². The Balaban J connectivity index is 1.93. The van der Waals surface area contributed by atoms with E-state index in [4.69, 9.17) is 0 Å². The first kappa shape index (κ1) is 14.6. The number of H-pyrrole nitrogens is 1. The first-order valence-corrected chi connectivity index (χ1v) is 7.91. The van der Waals surface area contributed by atoms with Gasteiger partial charge in [0.25, 0.3) is 0 Å². The average Bonchev–Trinajstić information content (AvgIpc) is 2.85. The zero-order valence-corrected chi connectivity index (χ0v) is 12.8. The molecule has 1 heterocycles. The lowest BCUT2D eigenvalue weighted by atomic mass is 9.80. The normalized spacial score (nSPS) is 24.0. The van der Waals surface area contributed by atoms with E-state index in [1.807, 2.05) is 6.20 Å². The zero-order valence-electron chi connectivity index (χ0n) is 12.8. The third-order valence-electron chi connectivity index (χ3n) is 4.51. The van der Waals surface area contributed by atoms with Crippen molar-refractivity contribution in [2.45, 2.75) is 64.8 Å². The van der Waals surface area contributed by atoms with Crippen molar-refractivity contribution < 1.29 is 0 Å². The Morgan fingerprint density at radius 2 is 2.05 bits per heavy atom. The van der Waals surface area contributed by atoms with E-state index in [0.29, 0.717) is 5.92 Å². The summed E-state index contributed by atoms with van der Waals surface area (Å²) in [6.45, 7) is 6.85. The zero-order chi connectivity index (χ0) is 13.7. The highest BCUT2D eigenvalue weighted by Gasteiger charge is 2.23. The molecular formula is C16H29N3. The van der Waals surface area contributed by atoms with Crippen molar-refractivity contribution in [2.24, 2.45) is 5.92 Å². The van der Waals surface area contributed by atoms with Gasteiger partial charge in [0.15, 0.2) is 0 Å². The third kappa shape index (κ3) is 4.07. The van der Waals surface area contributed by atoms with Crippen molar-refractivity contribution in [3.05, 3.63) is 17.5 Å². The monoisotopic (exact) mass is 263 g/mol. The van der Waals surface area contributed by atoms with Crippen LogP contribution in [0.4, 0.5) is 0 Å². The molecule has 3 nitrogen and oxygen atoms in total. The van der Waals surface area contributed by atoms with Crippen molar-refractivity contribution in [3.8, 4) is 0 Å². The van der Waals surface area contributed by atoms with E-state index in [9.17, 15) is 0 Å². The molecule has 0 unspecified atom stereocenters. The number of hydrogen-bond donors (Lipinski definition) is 1. The summed E-state index contributed by atoms with van der Waals surface area (Å²) in [5.41, 5.74) is 2.83. The minimum Gasteiger partial charge on any atom is -0.302 e. The Hall–Kier alpha value is -0.830. The fraction of sp³-hybridized carbons (Fsp3) is 0.812. The highest BCUT2D eigenvalue weighted by molar-refractivity contribution is 5.21. The molecule has 108 valence electrons. The van der Waals surface area contributed by atoms with Gasteiger partial charge in [-0.1, -0.05) is 33.1 Å². The number of aromatic amines is 1. The number of rotatable bonds is 6. The van der Waals surface area contributed by atoms with E-state index in [0.717, 1.165) is 12.5 Å². The molecule has 0 aliphatic heterocycles. The van der Waals surface area contributed by atoms with Crippen LogP contribution in [0, 0.1) is 5.92 Å².